The third-order valence-electron chi connectivity index (χ3n) is 6.50. The van der Waals surface area contributed by atoms with Gasteiger partial charge in [0, 0.05) is 17.9 Å². The number of benzene rings is 1. The molecule has 27 heavy (non-hydrogen) atoms. The summed E-state index contributed by atoms with van der Waals surface area (Å²) in [7, 11) is 0. The molecule has 2 aliphatic rings. The van der Waals surface area contributed by atoms with Crippen LogP contribution in [-0.2, 0) is 6.42 Å². The standard InChI is InChI=1S/C24H30O3/c1-13(2)17-6-5-7-18(14(3)4)19(17)11-21(25)22-12-20-23(26)15-8-9-16(10-15)24(20)27-22/h5-7,12-16,23,26H,8-11H2,1-4H3. The Kier molecular flexibility index (Phi) is 4.75. The first-order valence-electron chi connectivity index (χ1n) is 10.3. The van der Waals surface area contributed by atoms with Crippen LogP contribution in [0.2, 0.25) is 0 Å². The van der Waals surface area contributed by atoms with Crippen LogP contribution in [0.5, 0.6) is 0 Å². The Morgan fingerprint density at radius 3 is 2.44 bits per heavy atom. The maximum absolute atomic E-state index is 13.1. The van der Waals surface area contributed by atoms with E-state index >= 15 is 0 Å². The van der Waals surface area contributed by atoms with Crippen LogP contribution in [-0.4, -0.2) is 10.9 Å². The van der Waals surface area contributed by atoms with Gasteiger partial charge in [-0.2, -0.15) is 0 Å². The summed E-state index contributed by atoms with van der Waals surface area (Å²) in [5, 5.41) is 10.6. The summed E-state index contributed by atoms with van der Waals surface area (Å²) in [6.07, 6.45) is 2.99. The van der Waals surface area contributed by atoms with Crippen molar-refractivity contribution in [2.45, 2.75) is 77.2 Å². The van der Waals surface area contributed by atoms with Gasteiger partial charge >= 0.3 is 0 Å². The highest BCUT2D eigenvalue weighted by atomic mass is 16.4. The maximum atomic E-state index is 13.1. The molecule has 1 aromatic carbocycles. The Balaban J connectivity index is 1.67. The molecule has 0 saturated heterocycles. The molecule has 0 radical (unpaired) electrons. The minimum Gasteiger partial charge on any atom is -0.457 e. The molecular formula is C24H30O3. The summed E-state index contributed by atoms with van der Waals surface area (Å²) in [6, 6.07) is 8.18. The Bertz CT molecular complexity index is 819. The molecule has 1 saturated carbocycles. The number of carbonyl (C=O) groups excluding carboxylic acids is 1. The predicted molar refractivity (Wildman–Crippen MR) is 106 cm³/mol. The summed E-state index contributed by atoms with van der Waals surface area (Å²) >= 11 is 0. The monoisotopic (exact) mass is 366 g/mol. The maximum Gasteiger partial charge on any atom is 0.202 e. The quantitative estimate of drug-likeness (QED) is 0.672. The first kappa shape index (κ1) is 18.5. The molecule has 1 N–H and O–H groups in total. The van der Waals surface area contributed by atoms with Crippen LogP contribution in [0.25, 0.3) is 0 Å². The average molecular weight is 367 g/mol. The van der Waals surface area contributed by atoms with E-state index in [1.807, 2.05) is 6.07 Å². The molecule has 4 rings (SSSR count). The van der Waals surface area contributed by atoms with Crippen LogP contribution in [0.3, 0.4) is 0 Å². The molecule has 0 spiro atoms. The fourth-order valence-electron chi connectivity index (χ4n) is 5.06. The van der Waals surface area contributed by atoms with Gasteiger partial charge in [0.2, 0.25) is 5.78 Å². The Hall–Kier alpha value is -1.87. The van der Waals surface area contributed by atoms with Crippen molar-refractivity contribution in [3.05, 3.63) is 58.0 Å². The van der Waals surface area contributed by atoms with E-state index in [1.54, 1.807) is 0 Å². The summed E-state index contributed by atoms with van der Waals surface area (Å²) in [5.74, 6) is 2.74. The highest BCUT2D eigenvalue weighted by molar-refractivity contribution is 5.95. The molecule has 3 unspecified atom stereocenters. The second-order valence-electron chi connectivity index (χ2n) is 8.97. The average Bonchev–Trinajstić information content (AvgIpc) is 3.26. The summed E-state index contributed by atoms with van der Waals surface area (Å²) in [5.41, 5.74) is 4.48. The number of hydrogen-bond acceptors (Lipinski definition) is 3. The van der Waals surface area contributed by atoms with E-state index in [0.29, 0.717) is 35.9 Å². The molecular weight excluding hydrogens is 336 g/mol. The smallest absolute Gasteiger partial charge is 0.202 e. The lowest BCUT2D eigenvalue weighted by Gasteiger charge is -2.23. The van der Waals surface area contributed by atoms with E-state index in [0.717, 1.165) is 36.1 Å². The van der Waals surface area contributed by atoms with Gasteiger partial charge in [-0.3, -0.25) is 4.79 Å². The Labute approximate surface area is 161 Å². The molecule has 3 atom stereocenters. The van der Waals surface area contributed by atoms with Crippen LogP contribution in [0.4, 0.5) is 0 Å². The van der Waals surface area contributed by atoms with Crippen LogP contribution < -0.4 is 0 Å². The number of Topliss-reactive ketones (excluding diaryl/α,β-unsaturated/α-hetero) is 1. The SMILES string of the molecule is CC(C)c1cccc(C(C)C)c1CC(=O)c1cc2c(o1)C1CCC(C1)C2O. The third kappa shape index (κ3) is 3.16. The van der Waals surface area contributed by atoms with E-state index in [4.69, 9.17) is 4.42 Å². The van der Waals surface area contributed by atoms with Crippen molar-refractivity contribution in [1.29, 1.82) is 0 Å². The van der Waals surface area contributed by atoms with Crippen molar-refractivity contribution >= 4 is 5.78 Å². The molecule has 1 heterocycles. The fourth-order valence-corrected chi connectivity index (χ4v) is 5.06. The molecule has 0 aliphatic heterocycles. The van der Waals surface area contributed by atoms with Gasteiger partial charge in [0.05, 0.1) is 6.10 Å². The van der Waals surface area contributed by atoms with E-state index in [2.05, 4.69) is 45.9 Å². The van der Waals surface area contributed by atoms with Crippen molar-refractivity contribution in [2.75, 3.05) is 0 Å². The van der Waals surface area contributed by atoms with E-state index in [1.165, 1.54) is 11.1 Å². The zero-order chi connectivity index (χ0) is 19.3. The fraction of sp³-hybridized carbons (Fsp3) is 0.542. The molecule has 144 valence electrons. The van der Waals surface area contributed by atoms with Crippen molar-refractivity contribution < 1.29 is 14.3 Å². The topological polar surface area (TPSA) is 50.4 Å². The number of furan rings is 1. The van der Waals surface area contributed by atoms with Crippen molar-refractivity contribution in [3.8, 4) is 0 Å². The van der Waals surface area contributed by atoms with Gasteiger partial charge in [0.15, 0.2) is 5.76 Å². The van der Waals surface area contributed by atoms with Crippen LogP contribution in [0.15, 0.2) is 28.7 Å². The molecule has 0 amide bonds. The predicted octanol–water partition coefficient (Wildman–Crippen LogP) is 5.88. The summed E-state index contributed by atoms with van der Waals surface area (Å²) in [4.78, 5) is 13.1. The van der Waals surface area contributed by atoms with Gasteiger partial charge in [0.25, 0.3) is 0 Å². The molecule has 3 heteroatoms. The number of fused-ring (bicyclic) bond motifs is 4. The highest BCUT2D eigenvalue weighted by Gasteiger charge is 2.42. The number of carbonyl (C=O) groups is 1. The second-order valence-corrected chi connectivity index (χ2v) is 8.97. The molecule has 1 aromatic heterocycles. The van der Waals surface area contributed by atoms with Crippen molar-refractivity contribution in [2.24, 2.45) is 5.92 Å². The van der Waals surface area contributed by atoms with Gasteiger partial charge in [0.1, 0.15) is 5.76 Å². The third-order valence-corrected chi connectivity index (χ3v) is 6.50. The normalized spacial score (nSPS) is 23.9. The first-order chi connectivity index (χ1) is 12.9. The Morgan fingerprint density at radius 1 is 1.15 bits per heavy atom. The number of hydrogen-bond donors (Lipinski definition) is 1. The lowest BCUT2D eigenvalue weighted by Crippen LogP contribution is -2.15. The van der Waals surface area contributed by atoms with Crippen molar-refractivity contribution in [3.63, 3.8) is 0 Å². The highest BCUT2D eigenvalue weighted by Crippen LogP contribution is 2.52. The zero-order valence-electron chi connectivity index (χ0n) is 16.8. The summed E-state index contributed by atoms with van der Waals surface area (Å²) in [6.45, 7) is 8.69. The zero-order valence-corrected chi connectivity index (χ0v) is 16.8. The minimum absolute atomic E-state index is 0.0162. The second kappa shape index (κ2) is 6.94. The van der Waals surface area contributed by atoms with Gasteiger partial charge in [-0.25, -0.2) is 0 Å². The van der Waals surface area contributed by atoms with Crippen molar-refractivity contribution in [1.82, 2.24) is 0 Å². The van der Waals surface area contributed by atoms with Gasteiger partial charge in [-0.1, -0.05) is 45.9 Å². The number of aliphatic hydroxyl groups excluding tert-OH is 1. The van der Waals surface area contributed by atoms with Gasteiger partial charge in [-0.15, -0.1) is 0 Å². The van der Waals surface area contributed by atoms with E-state index in [-0.39, 0.29) is 5.78 Å². The van der Waals surface area contributed by atoms with E-state index < -0.39 is 6.10 Å². The van der Waals surface area contributed by atoms with E-state index in [9.17, 15) is 9.90 Å². The first-order valence-corrected chi connectivity index (χ1v) is 10.3. The summed E-state index contributed by atoms with van der Waals surface area (Å²) < 4.78 is 6.03. The Morgan fingerprint density at radius 2 is 1.81 bits per heavy atom. The number of rotatable bonds is 5. The molecule has 1 fully saturated rings. The molecule has 2 aromatic rings. The lowest BCUT2D eigenvalue weighted by molar-refractivity contribution is 0.0953. The lowest BCUT2D eigenvalue weighted by atomic mass is 9.85. The molecule has 3 nitrogen and oxygen atoms in total. The minimum atomic E-state index is -0.474. The molecule has 2 aliphatic carbocycles. The molecule has 2 bridgehead atoms. The number of aliphatic hydroxyl groups is 1. The van der Waals surface area contributed by atoms with Gasteiger partial charge in [-0.05, 0) is 59.8 Å². The number of ketones is 1. The van der Waals surface area contributed by atoms with Crippen LogP contribution in [0.1, 0.15) is 109 Å². The largest absolute Gasteiger partial charge is 0.457 e. The van der Waals surface area contributed by atoms with Gasteiger partial charge < -0.3 is 9.52 Å². The van der Waals surface area contributed by atoms with Crippen LogP contribution in [0, 0.1) is 5.92 Å². The van der Waals surface area contributed by atoms with Crippen LogP contribution >= 0.6 is 0 Å².